The zero-order valence-corrected chi connectivity index (χ0v) is 8.22. The molecule has 0 saturated heterocycles. The third kappa shape index (κ3) is 2.05. The molecule has 0 amide bonds. The summed E-state index contributed by atoms with van der Waals surface area (Å²) in [5.41, 5.74) is 0.324. The van der Waals surface area contributed by atoms with Crippen LogP contribution in [0.25, 0.3) is 0 Å². The van der Waals surface area contributed by atoms with Crippen molar-refractivity contribution >= 4 is 5.82 Å². The highest BCUT2D eigenvalue weighted by Crippen LogP contribution is 2.29. The number of nitriles is 1. The Kier molecular flexibility index (Phi) is 2.79. The fraction of sp³-hybridized carbons (Fsp3) is 0.500. The van der Waals surface area contributed by atoms with Gasteiger partial charge in [-0.3, -0.25) is 0 Å². The molecule has 15 heavy (non-hydrogen) atoms. The van der Waals surface area contributed by atoms with Crippen LogP contribution in [0.1, 0.15) is 18.5 Å². The van der Waals surface area contributed by atoms with Gasteiger partial charge in [-0.2, -0.15) is 5.26 Å². The standard InChI is InChI=1S/C10H12N4O/c11-5-9-10(13-2-1-12-9)14-8-3-7(4-8)6-15/h1-2,7-8,15H,3-4,6H2,(H,13,14). The molecule has 1 aliphatic carbocycles. The highest BCUT2D eigenvalue weighted by molar-refractivity contribution is 5.47. The molecule has 2 N–H and O–H groups in total. The Hall–Kier alpha value is -1.67. The molecule has 1 aromatic heterocycles. The van der Waals surface area contributed by atoms with E-state index in [9.17, 15) is 0 Å². The summed E-state index contributed by atoms with van der Waals surface area (Å²) < 4.78 is 0. The minimum Gasteiger partial charge on any atom is -0.396 e. The van der Waals surface area contributed by atoms with E-state index in [4.69, 9.17) is 10.4 Å². The zero-order valence-electron chi connectivity index (χ0n) is 8.22. The van der Waals surface area contributed by atoms with Gasteiger partial charge in [0.05, 0.1) is 0 Å². The summed E-state index contributed by atoms with van der Waals surface area (Å²) in [4.78, 5) is 7.98. The van der Waals surface area contributed by atoms with Gasteiger partial charge in [-0.1, -0.05) is 0 Å². The van der Waals surface area contributed by atoms with Crippen molar-refractivity contribution in [2.24, 2.45) is 5.92 Å². The van der Waals surface area contributed by atoms with Crippen LogP contribution >= 0.6 is 0 Å². The first-order valence-electron chi connectivity index (χ1n) is 4.92. The highest BCUT2D eigenvalue weighted by atomic mass is 16.3. The molecule has 78 valence electrons. The molecule has 1 fully saturated rings. The molecular formula is C10H12N4O. The lowest BCUT2D eigenvalue weighted by molar-refractivity contribution is 0.151. The van der Waals surface area contributed by atoms with Crippen molar-refractivity contribution in [1.82, 2.24) is 9.97 Å². The van der Waals surface area contributed by atoms with E-state index in [1.54, 1.807) is 6.20 Å². The molecule has 0 radical (unpaired) electrons. The molecule has 5 heteroatoms. The SMILES string of the molecule is N#Cc1nccnc1NC1CC(CO)C1. The summed E-state index contributed by atoms with van der Waals surface area (Å²) in [5, 5.41) is 20.8. The van der Waals surface area contributed by atoms with Crippen molar-refractivity contribution in [1.29, 1.82) is 5.26 Å². The summed E-state index contributed by atoms with van der Waals surface area (Å²) in [6, 6.07) is 2.30. The second-order valence-electron chi connectivity index (χ2n) is 3.73. The summed E-state index contributed by atoms with van der Waals surface area (Å²) >= 11 is 0. The number of aliphatic hydroxyl groups excluding tert-OH is 1. The molecule has 0 unspecified atom stereocenters. The van der Waals surface area contributed by atoms with Crippen LogP contribution in [-0.4, -0.2) is 27.7 Å². The van der Waals surface area contributed by atoms with Gasteiger partial charge in [-0.25, -0.2) is 9.97 Å². The third-order valence-electron chi connectivity index (χ3n) is 2.64. The Morgan fingerprint density at radius 2 is 2.20 bits per heavy atom. The van der Waals surface area contributed by atoms with Crippen LogP contribution in [0, 0.1) is 17.2 Å². The van der Waals surface area contributed by atoms with Crippen molar-refractivity contribution in [2.45, 2.75) is 18.9 Å². The van der Waals surface area contributed by atoms with Gasteiger partial charge in [0.25, 0.3) is 0 Å². The number of hydrogen-bond acceptors (Lipinski definition) is 5. The second kappa shape index (κ2) is 4.24. The first-order valence-corrected chi connectivity index (χ1v) is 4.92. The molecule has 0 bridgehead atoms. The number of nitrogens with one attached hydrogen (secondary N) is 1. The van der Waals surface area contributed by atoms with Crippen LogP contribution in [-0.2, 0) is 0 Å². The monoisotopic (exact) mass is 204 g/mol. The Morgan fingerprint density at radius 3 is 2.87 bits per heavy atom. The molecule has 0 aliphatic heterocycles. The normalized spacial score (nSPS) is 24.0. The molecule has 1 aromatic rings. The molecule has 1 heterocycles. The predicted molar refractivity (Wildman–Crippen MR) is 54.0 cm³/mol. The average Bonchev–Trinajstić information content (AvgIpc) is 2.23. The van der Waals surface area contributed by atoms with Crippen LogP contribution in [0.5, 0.6) is 0 Å². The maximum Gasteiger partial charge on any atom is 0.182 e. The number of aromatic nitrogens is 2. The molecule has 1 saturated carbocycles. The summed E-state index contributed by atoms with van der Waals surface area (Å²) in [6.07, 6.45) is 4.92. The molecule has 1 aliphatic rings. The molecule has 2 rings (SSSR count). The lowest BCUT2D eigenvalue weighted by Crippen LogP contribution is -2.37. The van der Waals surface area contributed by atoms with E-state index in [1.807, 2.05) is 6.07 Å². The predicted octanol–water partition coefficient (Wildman–Crippen LogP) is 0.531. The average molecular weight is 204 g/mol. The maximum absolute atomic E-state index is 8.86. The Morgan fingerprint density at radius 1 is 1.47 bits per heavy atom. The minimum atomic E-state index is 0.240. The van der Waals surface area contributed by atoms with Gasteiger partial charge in [0.1, 0.15) is 6.07 Å². The van der Waals surface area contributed by atoms with E-state index in [0.29, 0.717) is 23.5 Å². The Bertz CT molecular complexity index is 381. The van der Waals surface area contributed by atoms with Crippen LogP contribution in [0.15, 0.2) is 12.4 Å². The van der Waals surface area contributed by atoms with Gasteiger partial charge < -0.3 is 10.4 Å². The van der Waals surface area contributed by atoms with Gasteiger partial charge in [0.2, 0.25) is 0 Å². The van der Waals surface area contributed by atoms with E-state index in [0.717, 1.165) is 12.8 Å². The lowest BCUT2D eigenvalue weighted by atomic mass is 9.81. The number of hydrogen-bond donors (Lipinski definition) is 2. The van der Waals surface area contributed by atoms with Crippen molar-refractivity contribution in [2.75, 3.05) is 11.9 Å². The molecule has 0 atom stereocenters. The van der Waals surface area contributed by atoms with E-state index in [1.165, 1.54) is 6.20 Å². The first kappa shape index (κ1) is 9.87. The lowest BCUT2D eigenvalue weighted by Gasteiger charge is -2.34. The summed E-state index contributed by atoms with van der Waals surface area (Å²) in [6.45, 7) is 0.240. The number of anilines is 1. The Balaban J connectivity index is 1.97. The zero-order chi connectivity index (χ0) is 10.7. The number of aliphatic hydroxyl groups is 1. The van der Waals surface area contributed by atoms with E-state index < -0.39 is 0 Å². The number of rotatable bonds is 3. The topological polar surface area (TPSA) is 81.8 Å². The summed E-state index contributed by atoms with van der Waals surface area (Å²) in [5.74, 6) is 0.936. The molecule has 0 spiro atoms. The van der Waals surface area contributed by atoms with Crippen LogP contribution in [0.3, 0.4) is 0 Å². The first-order chi connectivity index (χ1) is 7.33. The van der Waals surface area contributed by atoms with Gasteiger partial charge in [0, 0.05) is 25.0 Å². The van der Waals surface area contributed by atoms with Gasteiger partial charge in [0.15, 0.2) is 11.5 Å². The molecule has 5 nitrogen and oxygen atoms in total. The van der Waals surface area contributed by atoms with Crippen LogP contribution < -0.4 is 5.32 Å². The fourth-order valence-corrected chi connectivity index (χ4v) is 1.72. The summed E-state index contributed by atoms with van der Waals surface area (Å²) in [7, 11) is 0. The smallest absolute Gasteiger partial charge is 0.182 e. The maximum atomic E-state index is 8.86. The van der Waals surface area contributed by atoms with Crippen molar-refractivity contribution in [3.05, 3.63) is 18.1 Å². The minimum absolute atomic E-state index is 0.240. The molecular weight excluding hydrogens is 192 g/mol. The highest BCUT2D eigenvalue weighted by Gasteiger charge is 2.29. The Labute approximate surface area is 87.8 Å². The van der Waals surface area contributed by atoms with Crippen molar-refractivity contribution in [3.8, 4) is 6.07 Å². The van der Waals surface area contributed by atoms with Gasteiger partial charge in [-0.15, -0.1) is 0 Å². The van der Waals surface area contributed by atoms with Crippen molar-refractivity contribution in [3.63, 3.8) is 0 Å². The third-order valence-corrected chi connectivity index (χ3v) is 2.64. The number of nitrogens with zero attached hydrogens (tertiary/aromatic N) is 3. The van der Waals surface area contributed by atoms with Gasteiger partial charge in [-0.05, 0) is 18.8 Å². The van der Waals surface area contributed by atoms with E-state index >= 15 is 0 Å². The van der Waals surface area contributed by atoms with Crippen LogP contribution in [0.4, 0.5) is 5.82 Å². The fourth-order valence-electron chi connectivity index (χ4n) is 1.72. The second-order valence-corrected chi connectivity index (χ2v) is 3.73. The molecule has 0 aromatic carbocycles. The largest absolute Gasteiger partial charge is 0.396 e. The van der Waals surface area contributed by atoms with E-state index in [-0.39, 0.29) is 6.61 Å². The van der Waals surface area contributed by atoms with Crippen molar-refractivity contribution < 1.29 is 5.11 Å². The van der Waals surface area contributed by atoms with E-state index in [2.05, 4.69) is 15.3 Å². The van der Waals surface area contributed by atoms with Crippen LogP contribution in [0.2, 0.25) is 0 Å². The quantitative estimate of drug-likeness (QED) is 0.750. The van der Waals surface area contributed by atoms with Gasteiger partial charge >= 0.3 is 0 Å².